The van der Waals surface area contributed by atoms with E-state index in [-0.39, 0.29) is 34.5 Å². The predicted octanol–water partition coefficient (Wildman–Crippen LogP) is 4.73. The van der Waals surface area contributed by atoms with Crippen molar-refractivity contribution in [3.05, 3.63) is 95.6 Å². The third-order valence-corrected chi connectivity index (χ3v) is 4.50. The van der Waals surface area contributed by atoms with Crippen LogP contribution in [0.5, 0.6) is 11.5 Å². The van der Waals surface area contributed by atoms with Crippen LogP contribution in [0, 0.1) is 0 Å². The number of rotatable bonds is 8. The number of nitrogens with one attached hydrogen (secondary N) is 1. The number of benzene rings is 3. The first kappa shape index (κ1) is 25.3. The molecule has 2 N–H and O–H groups in total. The summed E-state index contributed by atoms with van der Waals surface area (Å²) in [7, 11) is 0. The summed E-state index contributed by atoms with van der Waals surface area (Å²) in [5.74, 6) is -1.03. The molecular formula is C25H26BrNO5. The fourth-order valence-corrected chi connectivity index (χ4v) is 2.83. The lowest BCUT2D eigenvalue weighted by Gasteiger charge is -2.17. The van der Waals surface area contributed by atoms with Crippen LogP contribution >= 0.6 is 17.0 Å². The number of carbonyl (C=O) groups is 2. The average molecular weight is 500 g/mol. The monoisotopic (exact) mass is 499 g/mol. The molecule has 0 saturated heterocycles. The zero-order valence-corrected chi connectivity index (χ0v) is 19.6. The van der Waals surface area contributed by atoms with Crippen LogP contribution in [-0.2, 0) is 0 Å². The van der Waals surface area contributed by atoms with Gasteiger partial charge in [0.05, 0.1) is 17.2 Å². The zero-order valence-electron chi connectivity index (χ0n) is 17.9. The van der Waals surface area contributed by atoms with Crippen LogP contribution in [0.25, 0.3) is 0 Å². The summed E-state index contributed by atoms with van der Waals surface area (Å²) in [5.41, 5.74) is 1.26. The molecular weight excluding hydrogens is 474 g/mol. The van der Waals surface area contributed by atoms with E-state index in [2.05, 4.69) is 5.32 Å². The zero-order chi connectivity index (χ0) is 22.2. The minimum atomic E-state index is -0.824. The van der Waals surface area contributed by atoms with E-state index in [1.54, 1.807) is 66.7 Å². The van der Waals surface area contributed by atoms with Crippen molar-refractivity contribution in [1.29, 1.82) is 0 Å². The van der Waals surface area contributed by atoms with E-state index in [1.807, 2.05) is 13.8 Å². The standard InChI is InChI=1S/C25H25NO5.BrH/c1-17(2)26-16-21(27)20-13-14-22(30-24(28)18-9-5-3-6-10-18)23(15-20)31-25(29)19-11-7-4-8-12-19;/h3-15,17,21,26-27H,16H2,1-2H3;1H. The predicted molar refractivity (Wildman–Crippen MR) is 128 cm³/mol. The van der Waals surface area contributed by atoms with Gasteiger partial charge in [0.2, 0.25) is 0 Å². The quantitative estimate of drug-likeness (QED) is 0.344. The molecule has 0 aromatic heterocycles. The van der Waals surface area contributed by atoms with Crippen molar-refractivity contribution >= 4 is 28.9 Å². The van der Waals surface area contributed by atoms with Gasteiger partial charge in [-0.2, -0.15) is 0 Å². The number of hydrogen-bond donors (Lipinski definition) is 2. The van der Waals surface area contributed by atoms with Crippen molar-refractivity contribution in [1.82, 2.24) is 5.32 Å². The van der Waals surface area contributed by atoms with Crippen molar-refractivity contribution in [2.75, 3.05) is 6.54 Å². The van der Waals surface area contributed by atoms with Crippen LogP contribution in [0.3, 0.4) is 0 Å². The number of hydrogen-bond acceptors (Lipinski definition) is 6. The molecule has 0 saturated carbocycles. The van der Waals surface area contributed by atoms with Crippen molar-refractivity contribution in [2.45, 2.75) is 26.0 Å². The largest absolute Gasteiger partial charge is 0.419 e. The number of aliphatic hydroxyl groups excluding tert-OH is 1. The second kappa shape index (κ2) is 12.1. The van der Waals surface area contributed by atoms with Crippen LogP contribution in [0.1, 0.15) is 46.2 Å². The second-order valence-corrected chi connectivity index (χ2v) is 7.30. The Hall–Kier alpha value is -3.00. The van der Waals surface area contributed by atoms with E-state index in [9.17, 15) is 14.7 Å². The Morgan fingerprint density at radius 3 is 1.81 bits per heavy atom. The van der Waals surface area contributed by atoms with Crippen LogP contribution < -0.4 is 14.8 Å². The van der Waals surface area contributed by atoms with Gasteiger partial charge in [-0.1, -0.05) is 56.3 Å². The van der Waals surface area contributed by atoms with Crippen LogP contribution in [0.15, 0.2) is 78.9 Å². The van der Waals surface area contributed by atoms with Gasteiger partial charge in [0.25, 0.3) is 0 Å². The van der Waals surface area contributed by atoms with E-state index < -0.39 is 18.0 Å². The third-order valence-electron chi connectivity index (χ3n) is 4.50. The summed E-state index contributed by atoms with van der Waals surface area (Å²) >= 11 is 0. The first-order valence-corrected chi connectivity index (χ1v) is 10.0. The van der Waals surface area contributed by atoms with Gasteiger partial charge in [0.15, 0.2) is 11.5 Å². The maximum atomic E-state index is 12.6. The molecule has 0 aliphatic rings. The summed E-state index contributed by atoms with van der Waals surface area (Å²) in [4.78, 5) is 25.1. The van der Waals surface area contributed by atoms with Crippen molar-refractivity contribution < 1.29 is 24.2 Å². The molecule has 0 aliphatic carbocycles. The molecule has 0 aliphatic heterocycles. The lowest BCUT2D eigenvalue weighted by Crippen LogP contribution is -2.27. The molecule has 7 heteroatoms. The third kappa shape index (κ3) is 7.02. The van der Waals surface area contributed by atoms with Gasteiger partial charge in [-0.15, -0.1) is 17.0 Å². The Labute approximate surface area is 198 Å². The lowest BCUT2D eigenvalue weighted by atomic mass is 10.1. The van der Waals surface area contributed by atoms with Gasteiger partial charge in [-0.05, 0) is 42.0 Å². The second-order valence-electron chi connectivity index (χ2n) is 7.30. The average Bonchev–Trinajstić information content (AvgIpc) is 2.79. The van der Waals surface area contributed by atoms with Crippen molar-refractivity contribution in [3.8, 4) is 11.5 Å². The maximum absolute atomic E-state index is 12.6. The minimum Gasteiger partial charge on any atom is -0.419 e. The minimum absolute atomic E-state index is 0. The molecule has 0 heterocycles. The summed E-state index contributed by atoms with van der Waals surface area (Å²) in [6.45, 7) is 4.28. The van der Waals surface area contributed by atoms with Gasteiger partial charge in [-0.25, -0.2) is 9.59 Å². The Morgan fingerprint density at radius 2 is 1.31 bits per heavy atom. The van der Waals surface area contributed by atoms with Crippen LogP contribution in [0.2, 0.25) is 0 Å². The van der Waals surface area contributed by atoms with Gasteiger partial charge < -0.3 is 19.9 Å². The molecule has 3 aromatic rings. The van der Waals surface area contributed by atoms with Gasteiger partial charge in [0.1, 0.15) is 0 Å². The molecule has 0 bridgehead atoms. The fourth-order valence-electron chi connectivity index (χ4n) is 2.83. The Kier molecular flexibility index (Phi) is 9.59. The number of halogens is 1. The summed E-state index contributed by atoms with van der Waals surface area (Å²) in [6, 6.07) is 21.9. The number of carbonyl (C=O) groups excluding carboxylic acids is 2. The SMILES string of the molecule is Br.CC(C)NCC(O)c1ccc(OC(=O)c2ccccc2)c(OC(=O)c2ccccc2)c1. The Balaban J connectivity index is 0.00000363. The van der Waals surface area contributed by atoms with E-state index >= 15 is 0 Å². The highest BCUT2D eigenvalue weighted by Gasteiger charge is 2.19. The molecule has 0 amide bonds. The molecule has 0 fully saturated rings. The highest BCUT2D eigenvalue weighted by atomic mass is 79.9. The van der Waals surface area contributed by atoms with Gasteiger partial charge in [0, 0.05) is 12.6 Å². The molecule has 3 rings (SSSR count). The molecule has 32 heavy (non-hydrogen) atoms. The molecule has 0 spiro atoms. The van der Waals surface area contributed by atoms with E-state index in [1.165, 1.54) is 12.1 Å². The molecule has 1 unspecified atom stereocenters. The van der Waals surface area contributed by atoms with Crippen molar-refractivity contribution in [2.24, 2.45) is 0 Å². The summed E-state index contributed by atoms with van der Waals surface area (Å²) in [6.07, 6.45) is -0.824. The summed E-state index contributed by atoms with van der Waals surface area (Å²) in [5, 5.41) is 13.6. The smallest absolute Gasteiger partial charge is 0.343 e. The van der Waals surface area contributed by atoms with Crippen molar-refractivity contribution in [3.63, 3.8) is 0 Å². The number of ether oxygens (including phenoxy) is 2. The van der Waals surface area contributed by atoms with Crippen LogP contribution in [-0.4, -0.2) is 29.6 Å². The maximum Gasteiger partial charge on any atom is 0.343 e. The summed E-state index contributed by atoms with van der Waals surface area (Å²) < 4.78 is 11.0. The van der Waals surface area contributed by atoms with Gasteiger partial charge in [-0.3, -0.25) is 0 Å². The van der Waals surface area contributed by atoms with Gasteiger partial charge >= 0.3 is 11.9 Å². The highest BCUT2D eigenvalue weighted by Crippen LogP contribution is 2.32. The van der Waals surface area contributed by atoms with Crippen LogP contribution in [0.4, 0.5) is 0 Å². The Morgan fingerprint density at radius 1 is 0.812 bits per heavy atom. The van der Waals surface area contributed by atoms with E-state index in [0.29, 0.717) is 23.2 Å². The first-order valence-electron chi connectivity index (χ1n) is 10.0. The molecule has 1 atom stereocenters. The number of aliphatic hydroxyl groups is 1. The van der Waals surface area contributed by atoms with E-state index in [0.717, 1.165) is 0 Å². The molecule has 168 valence electrons. The molecule has 0 radical (unpaired) electrons. The Bertz CT molecular complexity index is 1030. The molecule has 3 aromatic carbocycles. The van der Waals surface area contributed by atoms with E-state index in [4.69, 9.17) is 9.47 Å². The first-order chi connectivity index (χ1) is 14.9. The highest BCUT2D eigenvalue weighted by molar-refractivity contribution is 8.93. The fraction of sp³-hybridized carbons (Fsp3) is 0.200. The normalized spacial score (nSPS) is 11.4. The lowest BCUT2D eigenvalue weighted by molar-refractivity contribution is 0.0681. The number of esters is 2. The molecule has 6 nitrogen and oxygen atoms in total. The topological polar surface area (TPSA) is 84.9 Å².